The monoisotopic (exact) mass is 345 g/mol. The van der Waals surface area contributed by atoms with Crippen LogP contribution < -0.4 is 10.9 Å². The molecule has 0 saturated carbocycles. The SMILES string of the molecule is CCc1noc(C)c1C(=O)O[C@@H](C)C(=O)NNC(=O)c1ccccc1. The van der Waals surface area contributed by atoms with Crippen LogP contribution >= 0.6 is 0 Å². The van der Waals surface area contributed by atoms with Crippen LogP contribution in [0.25, 0.3) is 0 Å². The number of aromatic nitrogens is 1. The summed E-state index contributed by atoms with van der Waals surface area (Å²) in [5, 5.41) is 3.77. The molecule has 0 fully saturated rings. The molecule has 2 amide bonds. The van der Waals surface area contributed by atoms with Crippen LogP contribution in [0.1, 0.15) is 46.0 Å². The van der Waals surface area contributed by atoms with E-state index in [0.717, 1.165) is 0 Å². The fourth-order valence-electron chi connectivity index (χ4n) is 2.08. The minimum absolute atomic E-state index is 0.218. The van der Waals surface area contributed by atoms with Gasteiger partial charge in [0.2, 0.25) is 0 Å². The van der Waals surface area contributed by atoms with Gasteiger partial charge in [-0.2, -0.15) is 0 Å². The van der Waals surface area contributed by atoms with E-state index >= 15 is 0 Å². The van der Waals surface area contributed by atoms with E-state index in [2.05, 4.69) is 16.0 Å². The van der Waals surface area contributed by atoms with Crippen molar-refractivity contribution in [1.29, 1.82) is 0 Å². The number of amides is 2. The van der Waals surface area contributed by atoms with Gasteiger partial charge in [0.05, 0.1) is 5.69 Å². The second-order valence-electron chi connectivity index (χ2n) is 5.27. The molecule has 0 aliphatic heterocycles. The molecule has 1 heterocycles. The molecule has 0 radical (unpaired) electrons. The topological polar surface area (TPSA) is 111 Å². The molecule has 0 spiro atoms. The highest BCUT2D eigenvalue weighted by molar-refractivity contribution is 5.96. The molecule has 0 bridgehead atoms. The first-order valence-electron chi connectivity index (χ1n) is 7.75. The van der Waals surface area contributed by atoms with Gasteiger partial charge in [-0.25, -0.2) is 4.79 Å². The van der Waals surface area contributed by atoms with Crippen LogP contribution in [0.3, 0.4) is 0 Å². The Morgan fingerprint density at radius 2 is 1.88 bits per heavy atom. The number of aryl methyl sites for hydroxylation is 2. The predicted octanol–water partition coefficient (Wildman–Crippen LogP) is 1.55. The van der Waals surface area contributed by atoms with Gasteiger partial charge < -0.3 is 9.26 Å². The van der Waals surface area contributed by atoms with Crippen molar-refractivity contribution in [3.8, 4) is 0 Å². The molecule has 25 heavy (non-hydrogen) atoms. The molecule has 1 aromatic heterocycles. The number of carbonyl (C=O) groups is 3. The number of carbonyl (C=O) groups excluding carboxylic acids is 3. The zero-order chi connectivity index (χ0) is 18.4. The lowest BCUT2D eigenvalue weighted by Gasteiger charge is -2.14. The average Bonchev–Trinajstić information content (AvgIpc) is 3.00. The van der Waals surface area contributed by atoms with E-state index in [-0.39, 0.29) is 5.56 Å². The summed E-state index contributed by atoms with van der Waals surface area (Å²) in [6.45, 7) is 4.81. The maximum atomic E-state index is 12.2. The van der Waals surface area contributed by atoms with Gasteiger partial charge >= 0.3 is 5.97 Å². The summed E-state index contributed by atoms with van der Waals surface area (Å²) in [5.74, 6) is -1.51. The van der Waals surface area contributed by atoms with Crippen molar-refractivity contribution in [2.24, 2.45) is 0 Å². The number of rotatable bonds is 5. The third-order valence-electron chi connectivity index (χ3n) is 3.46. The molecule has 1 aromatic carbocycles. The van der Waals surface area contributed by atoms with E-state index in [1.54, 1.807) is 37.3 Å². The molecule has 2 rings (SSSR count). The molecule has 8 heteroatoms. The average molecular weight is 345 g/mol. The first-order valence-corrected chi connectivity index (χ1v) is 7.75. The van der Waals surface area contributed by atoms with Crippen LogP contribution in [0, 0.1) is 6.92 Å². The molecule has 2 aromatic rings. The summed E-state index contributed by atoms with van der Waals surface area (Å²) >= 11 is 0. The zero-order valence-electron chi connectivity index (χ0n) is 14.2. The smallest absolute Gasteiger partial charge is 0.344 e. The lowest BCUT2D eigenvalue weighted by molar-refractivity contribution is -0.129. The number of nitrogens with zero attached hydrogens (tertiary/aromatic N) is 1. The number of nitrogens with one attached hydrogen (secondary N) is 2. The second kappa shape index (κ2) is 8.09. The quantitative estimate of drug-likeness (QED) is 0.628. The molecular formula is C17H19N3O5. The number of hydrazine groups is 1. The fourth-order valence-corrected chi connectivity index (χ4v) is 2.08. The molecule has 2 N–H and O–H groups in total. The van der Waals surface area contributed by atoms with E-state index in [1.807, 2.05) is 6.92 Å². The Bertz CT molecular complexity index is 770. The Kier molecular flexibility index (Phi) is 5.89. The van der Waals surface area contributed by atoms with Crippen LogP contribution in [-0.2, 0) is 16.0 Å². The maximum absolute atomic E-state index is 12.2. The van der Waals surface area contributed by atoms with Crippen molar-refractivity contribution in [1.82, 2.24) is 16.0 Å². The van der Waals surface area contributed by atoms with Gasteiger partial charge in [0.1, 0.15) is 11.3 Å². The zero-order valence-corrected chi connectivity index (χ0v) is 14.2. The Morgan fingerprint density at radius 1 is 1.20 bits per heavy atom. The van der Waals surface area contributed by atoms with Gasteiger partial charge in [-0.15, -0.1) is 0 Å². The maximum Gasteiger partial charge on any atom is 0.344 e. The third-order valence-corrected chi connectivity index (χ3v) is 3.46. The first kappa shape index (κ1) is 18.2. The highest BCUT2D eigenvalue weighted by atomic mass is 16.5. The molecule has 0 unspecified atom stereocenters. The summed E-state index contributed by atoms with van der Waals surface area (Å²) < 4.78 is 10.1. The van der Waals surface area contributed by atoms with Crippen molar-refractivity contribution in [2.45, 2.75) is 33.3 Å². The van der Waals surface area contributed by atoms with Crippen molar-refractivity contribution in [3.63, 3.8) is 0 Å². The lowest BCUT2D eigenvalue weighted by Crippen LogP contribution is -2.46. The molecule has 132 valence electrons. The Labute approximate surface area is 144 Å². The van der Waals surface area contributed by atoms with Gasteiger partial charge in [0.15, 0.2) is 6.10 Å². The number of ether oxygens (including phenoxy) is 1. The van der Waals surface area contributed by atoms with E-state index in [0.29, 0.717) is 23.4 Å². The van der Waals surface area contributed by atoms with Gasteiger partial charge in [0, 0.05) is 5.56 Å². The second-order valence-corrected chi connectivity index (χ2v) is 5.27. The van der Waals surface area contributed by atoms with Crippen molar-refractivity contribution in [2.75, 3.05) is 0 Å². The predicted molar refractivity (Wildman–Crippen MR) is 87.5 cm³/mol. The van der Waals surface area contributed by atoms with Crippen molar-refractivity contribution in [3.05, 3.63) is 52.9 Å². The van der Waals surface area contributed by atoms with Crippen molar-refractivity contribution < 1.29 is 23.6 Å². The standard InChI is InChI=1S/C17H19N3O5/c1-4-13-14(10(2)25-20-13)17(23)24-11(3)15(21)18-19-16(22)12-8-6-5-7-9-12/h5-9,11H,4H2,1-3H3,(H,18,21)(H,19,22)/t11-/m0/s1. The molecule has 1 atom stereocenters. The summed E-state index contributed by atoms with van der Waals surface area (Å²) in [6.07, 6.45) is -0.613. The number of hydrogen-bond donors (Lipinski definition) is 2. The van der Waals surface area contributed by atoms with Gasteiger partial charge in [-0.3, -0.25) is 20.4 Å². The van der Waals surface area contributed by atoms with Gasteiger partial charge in [-0.05, 0) is 32.4 Å². The number of hydrogen-bond acceptors (Lipinski definition) is 6. The molecule has 0 saturated heterocycles. The Balaban J connectivity index is 1.91. The minimum Gasteiger partial charge on any atom is -0.449 e. The van der Waals surface area contributed by atoms with Gasteiger partial charge in [0.25, 0.3) is 11.8 Å². The molecule has 0 aliphatic rings. The molecular weight excluding hydrogens is 326 g/mol. The van der Waals surface area contributed by atoms with E-state index in [1.165, 1.54) is 6.92 Å². The third kappa shape index (κ3) is 4.43. The van der Waals surface area contributed by atoms with E-state index in [4.69, 9.17) is 9.26 Å². The number of esters is 1. The number of benzene rings is 1. The summed E-state index contributed by atoms with van der Waals surface area (Å²) in [7, 11) is 0. The van der Waals surface area contributed by atoms with E-state index < -0.39 is 23.9 Å². The highest BCUT2D eigenvalue weighted by Gasteiger charge is 2.25. The van der Waals surface area contributed by atoms with E-state index in [9.17, 15) is 14.4 Å². The summed E-state index contributed by atoms with van der Waals surface area (Å²) in [6, 6.07) is 8.38. The first-order chi connectivity index (χ1) is 11.9. The Morgan fingerprint density at radius 3 is 2.52 bits per heavy atom. The summed E-state index contributed by atoms with van der Waals surface area (Å²) in [5.41, 5.74) is 5.55. The normalized spacial score (nSPS) is 11.5. The minimum atomic E-state index is -1.11. The lowest BCUT2D eigenvalue weighted by atomic mass is 10.1. The highest BCUT2D eigenvalue weighted by Crippen LogP contribution is 2.16. The Hall–Kier alpha value is -3.16. The van der Waals surface area contributed by atoms with Crippen LogP contribution in [0.4, 0.5) is 0 Å². The summed E-state index contributed by atoms with van der Waals surface area (Å²) in [4.78, 5) is 36.0. The van der Waals surface area contributed by atoms with Crippen molar-refractivity contribution >= 4 is 17.8 Å². The van der Waals surface area contributed by atoms with Crippen LogP contribution in [0.2, 0.25) is 0 Å². The largest absolute Gasteiger partial charge is 0.449 e. The van der Waals surface area contributed by atoms with Crippen LogP contribution in [-0.4, -0.2) is 29.0 Å². The molecule has 0 aliphatic carbocycles. The molecule has 8 nitrogen and oxygen atoms in total. The fraction of sp³-hybridized carbons (Fsp3) is 0.294. The van der Waals surface area contributed by atoms with Crippen LogP contribution in [0.5, 0.6) is 0 Å². The van der Waals surface area contributed by atoms with Crippen LogP contribution in [0.15, 0.2) is 34.9 Å². The van der Waals surface area contributed by atoms with Gasteiger partial charge in [-0.1, -0.05) is 30.3 Å².